The molecule has 0 unspecified atom stereocenters. The van der Waals surface area contributed by atoms with Crippen LogP contribution >= 0.6 is 15.9 Å². The Labute approximate surface area is 115 Å². The number of rotatable bonds is 2. The Morgan fingerprint density at radius 2 is 2.11 bits per heavy atom. The molecule has 0 fully saturated rings. The molecular formula is C14H16BrN3. The largest absolute Gasteiger partial charge is 0.287 e. The van der Waals surface area contributed by atoms with Crippen molar-refractivity contribution in [1.82, 2.24) is 14.5 Å². The van der Waals surface area contributed by atoms with Crippen LogP contribution in [0, 0.1) is 6.92 Å². The number of hydrogen-bond donors (Lipinski definition) is 0. The van der Waals surface area contributed by atoms with Gasteiger partial charge in [-0.25, -0.2) is 9.97 Å². The Bertz CT molecular complexity index is 574. The van der Waals surface area contributed by atoms with E-state index in [0.717, 1.165) is 24.0 Å². The number of imidazole rings is 1. The van der Waals surface area contributed by atoms with Crippen LogP contribution in [-0.2, 0) is 18.2 Å². The Morgan fingerprint density at radius 1 is 1.28 bits per heavy atom. The SMILES string of the molecule is Cc1cc(CBr)cnc1-n1cnc2c1CCCC2. The van der Waals surface area contributed by atoms with Crippen molar-refractivity contribution >= 4 is 15.9 Å². The number of aryl methyl sites for hydroxylation is 2. The fourth-order valence-corrected chi connectivity index (χ4v) is 2.91. The van der Waals surface area contributed by atoms with E-state index >= 15 is 0 Å². The summed E-state index contributed by atoms with van der Waals surface area (Å²) in [7, 11) is 0. The zero-order valence-electron chi connectivity index (χ0n) is 10.5. The van der Waals surface area contributed by atoms with Crippen LogP contribution in [0.2, 0.25) is 0 Å². The van der Waals surface area contributed by atoms with Gasteiger partial charge in [-0.2, -0.15) is 0 Å². The minimum atomic E-state index is 0.850. The maximum atomic E-state index is 4.59. The predicted molar refractivity (Wildman–Crippen MR) is 75.4 cm³/mol. The van der Waals surface area contributed by atoms with Crippen LogP contribution in [0.1, 0.15) is 35.4 Å². The zero-order valence-corrected chi connectivity index (χ0v) is 12.1. The summed E-state index contributed by atoms with van der Waals surface area (Å²) in [5.41, 5.74) is 5.03. The molecule has 2 aromatic rings. The van der Waals surface area contributed by atoms with Crippen molar-refractivity contribution < 1.29 is 0 Å². The Morgan fingerprint density at radius 3 is 2.89 bits per heavy atom. The highest BCUT2D eigenvalue weighted by atomic mass is 79.9. The predicted octanol–water partition coefficient (Wildman–Crippen LogP) is 3.35. The highest BCUT2D eigenvalue weighted by molar-refractivity contribution is 9.08. The average molecular weight is 306 g/mol. The van der Waals surface area contributed by atoms with Gasteiger partial charge in [0.25, 0.3) is 0 Å². The second kappa shape index (κ2) is 4.84. The summed E-state index contributed by atoms with van der Waals surface area (Å²) in [6.45, 7) is 2.11. The molecule has 0 atom stereocenters. The van der Waals surface area contributed by atoms with Crippen molar-refractivity contribution in [2.75, 3.05) is 0 Å². The number of pyridine rings is 1. The summed E-state index contributed by atoms with van der Waals surface area (Å²) in [6.07, 6.45) is 8.62. The number of alkyl halides is 1. The van der Waals surface area contributed by atoms with E-state index in [9.17, 15) is 0 Å². The van der Waals surface area contributed by atoms with E-state index in [1.165, 1.54) is 35.4 Å². The fourth-order valence-electron chi connectivity index (χ4n) is 2.60. The number of halogens is 1. The van der Waals surface area contributed by atoms with Gasteiger partial charge >= 0.3 is 0 Å². The van der Waals surface area contributed by atoms with Crippen LogP contribution in [0.25, 0.3) is 5.82 Å². The highest BCUT2D eigenvalue weighted by Crippen LogP contribution is 2.24. The molecule has 4 heteroatoms. The van der Waals surface area contributed by atoms with Crippen LogP contribution < -0.4 is 0 Å². The van der Waals surface area contributed by atoms with Gasteiger partial charge in [-0.15, -0.1) is 0 Å². The molecule has 1 aliphatic carbocycles. The first-order chi connectivity index (χ1) is 8.79. The van der Waals surface area contributed by atoms with Crippen LogP contribution in [0.4, 0.5) is 0 Å². The monoisotopic (exact) mass is 305 g/mol. The summed E-state index contributed by atoms with van der Waals surface area (Å²) < 4.78 is 2.17. The van der Waals surface area contributed by atoms with Crippen molar-refractivity contribution in [3.63, 3.8) is 0 Å². The minimum Gasteiger partial charge on any atom is -0.287 e. The Hall–Kier alpha value is -1.16. The second-order valence-corrected chi connectivity index (χ2v) is 5.39. The van der Waals surface area contributed by atoms with E-state index < -0.39 is 0 Å². The van der Waals surface area contributed by atoms with Gasteiger partial charge in [0.1, 0.15) is 12.1 Å². The summed E-state index contributed by atoms with van der Waals surface area (Å²) in [5, 5.41) is 0.850. The molecule has 0 amide bonds. The van der Waals surface area contributed by atoms with Gasteiger partial charge in [0, 0.05) is 17.2 Å². The maximum Gasteiger partial charge on any atom is 0.140 e. The lowest BCUT2D eigenvalue weighted by Crippen LogP contribution is -2.09. The average Bonchev–Trinajstić information content (AvgIpc) is 2.82. The van der Waals surface area contributed by atoms with Crippen LogP contribution in [0.15, 0.2) is 18.6 Å². The zero-order chi connectivity index (χ0) is 12.5. The van der Waals surface area contributed by atoms with E-state index in [1.807, 2.05) is 12.5 Å². The fraction of sp³-hybridized carbons (Fsp3) is 0.429. The number of nitrogens with zero attached hydrogens (tertiary/aromatic N) is 3. The molecule has 3 nitrogen and oxygen atoms in total. The molecule has 0 radical (unpaired) electrons. The van der Waals surface area contributed by atoms with E-state index in [0.29, 0.717) is 0 Å². The standard InChI is InChI=1S/C14H16BrN3/c1-10-6-11(7-15)8-16-14(10)18-9-17-12-4-2-3-5-13(12)18/h6,8-9H,2-5,7H2,1H3. The first-order valence-electron chi connectivity index (χ1n) is 6.36. The van der Waals surface area contributed by atoms with Gasteiger partial charge in [-0.05, 0) is 43.7 Å². The van der Waals surface area contributed by atoms with E-state index in [2.05, 4.69) is 43.5 Å². The molecule has 0 N–H and O–H groups in total. The lowest BCUT2D eigenvalue weighted by atomic mass is 10.0. The number of aromatic nitrogens is 3. The Balaban J connectivity index is 2.07. The van der Waals surface area contributed by atoms with E-state index in [-0.39, 0.29) is 0 Å². The first kappa shape index (κ1) is 11.9. The van der Waals surface area contributed by atoms with Gasteiger partial charge in [0.15, 0.2) is 0 Å². The van der Waals surface area contributed by atoms with Crippen LogP contribution in [0.5, 0.6) is 0 Å². The van der Waals surface area contributed by atoms with Crippen LogP contribution in [-0.4, -0.2) is 14.5 Å². The van der Waals surface area contributed by atoms with Crippen molar-refractivity contribution in [1.29, 1.82) is 0 Å². The van der Waals surface area contributed by atoms with Crippen molar-refractivity contribution in [2.45, 2.75) is 37.9 Å². The van der Waals surface area contributed by atoms with Gasteiger partial charge in [-0.3, -0.25) is 4.57 Å². The topological polar surface area (TPSA) is 30.7 Å². The highest BCUT2D eigenvalue weighted by Gasteiger charge is 2.17. The summed E-state index contributed by atoms with van der Waals surface area (Å²) in [4.78, 5) is 9.12. The van der Waals surface area contributed by atoms with Crippen molar-refractivity contribution in [2.24, 2.45) is 0 Å². The molecule has 2 aromatic heterocycles. The quantitative estimate of drug-likeness (QED) is 0.797. The molecule has 18 heavy (non-hydrogen) atoms. The van der Waals surface area contributed by atoms with E-state index in [1.54, 1.807) is 0 Å². The number of fused-ring (bicyclic) bond motifs is 1. The molecule has 0 saturated heterocycles. The lowest BCUT2D eigenvalue weighted by Gasteiger charge is -2.15. The van der Waals surface area contributed by atoms with Crippen molar-refractivity contribution in [3.05, 3.63) is 41.1 Å². The van der Waals surface area contributed by atoms with E-state index in [4.69, 9.17) is 0 Å². The third kappa shape index (κ3) is 1.99. The summed E-state index contributed by atoms with van der Waals surface area (Å²) in [5.74, 6) is 1.02. The maximum absolute atomic E-state index is 4.59. The Kier molecular flexibility index (Phi) is 3.20. The molecular weight excluding hydrogens is 290 g/mol. The van der Waals surface area contributed by atoms with Gasteiger partial charge < -0.3 is 0 Å². The summed E-state index contributed by atoms with van der Waals surface area (Å²) >= 11 is 3.47. The van der Waals surface area contributed by atoms with Crippen LogP contribution in [0.3, 0.4) is 0 Å². The lowest BCUT2D eigenvalue weighted by molar-refractivity contribution is 0.653. The molecule has 3 rings (SSSR count). The smallest absolute Gasteiger partial charge is 0.140 e. The van der Waals surface area contributed by atoms with Crippen molar-refractivity contribution in [3.8, 4) is 5.82 Å². The second-order valence-electron chi connectivity index (χ2n) is 4.83. The third-order valence-electron chi connectivity index (χ3n) is 3.52. The van der Waals surface area contributed by atoms with Gasteiger partial charge in [0.2, 0.25) is 0 Å². The number of hydrogen-bond acceptors (Lipinski definition) is 2. The molecule has 1 aliphatic rings. The summed E-state index contributed by atoms with van der Waals surface area (Å²) in [6, 6.07) is 2.19. The minimum absolute atomic E-state index is 0.850. The molecule has 0 spiro atoms. The van der Waals surface area contributed by atoms with Gasteiger partial charge in [0.05, 0.1) is 5.69 Å². The molecule has 2 heterocycles. The molecule has 94 valence electrons. The molecule has 0 bridgehead atoms. The third-order valence-corrected chi connectivity index (χ3v) is 4.17. The molecule has 0 saturated carbocycles. The molecule has 0 aliphatic heterocycles. The van der Waals surface area contributed by atoms with Gasteiger partial charge in [-0.1, -0.05) is 22.0 Å². The normalized spacial score (nSPS) is 14.6. The first-order valence-corrected chi connectivity index (χ1v) is 7.48. The molecule has 0 aromatic carbocycles.